The highest BCUT2D eigenvalue weighted by Gasteiger charge is 1.93. The van der Waals surface area contributed by atoms with Crippen molar-refractivity contribution in [2.75, 3.05) is 6.61 Å². The normalized spacial score (nSPS) is 10.6. The number of benzene rings is 1. The Labute approximate surface area is 96.9 Å². The van der Waals surface area contributed by atoms with Crippen molar-refractivity contribution >= 4 is 12.4 Å². The van der Waals surface area contributed by atoms with Crippen molar-refractivity contribution in [3.63, 3.8) is 0 Å². The quantitative estimate of drug-likeness (QED) is 0.398. The molecule has 0 heterocycles. The first-order valence-corrected chi connectivity index (χ1v) is 5.71. The Hall–Kier alpha value is -1.57. The first-order valence-electron chi connectivity index (χ1n) is 5.71. The molecule has 0 amide bonds. The molecule has 16 heavy (non-hydrogen) atoms. The fourth-order valence-corrected chi connectivity index (χ4v) is 1.37. The van der Waals surface area contributed by atoms with Crippen LogP contribution in [0.15, 0.2) is 30.3 Å². The number of hydrogen-bond donors (Lipinski definition) is 0. The lowest BCUT2D eigenvalue weighted by Crippen LogP contribution is -1.96. The van der Waals surface area contributed by atoms with E-state index < -0.39 is 0 Å². The van der Waals surface area contributed by atoms with Gasteiger partial charge in [0.15, 0.2) is 0 Å². The van der Waals surface area contributed by atoms with Crippen molar-refractivity contribution < 1.29 is 9.53 Å². The van der Waals surface area contributed by atoms with Gasteiger partial charge in [-0.05, 0) is 30.2 Å². The molecule has 1 rings (SSSR count). The lowest BCUT2D eigenvalue weighted by atomic mass is 10.2. The molecule has 0 radical (unpaired) electrons. The van der Waals surface area contributed by atoms with E-state index in [1.165, 1.54) is 18.9 Å². The first-order chi connectivity index (χ1) is 7.86. The number of carbonyl (C=O) groups excluding carboxylic acids is 1. The molecule has 2 nitrogen and oxygen atoms in total. The van der Waals surface area contributed by atoms with Crippen LogP contribution in [-0.4, -0.2) is 12.9 Å². The number of rotatable bonds is 7. The Kier molecular flexibility index (Phi) is 6.00. The Morgan fingerprint density at radius 1 is 1.19 bits per heavy atom. The third-order valence-electron chi connectivity index (χ3n) is 2.26. The fraction of sp³-hybridized carbons (Fsp3) is 0.357. The number of carbonyl (C=O) groups is 1. The zero-order chi connectivity index (χ0) is 11.6. The minimum absolute atomic E-state index is 0.773. The lowest BCUT2D eigenvalue weighted by molar-refractivity contribution is -0.104. The van der Waals surface area contributed by atoms with Crippen LogP contribution in [-0.2, 0) is 4.79 Å². The molecule has 0 N–H and O–H groups in total. The van der Waals surface area contributed by atoms with E-state index in [1.807, 2.05) is 24.3 Å². The molecule has 86 valence electrons. The number of allylic oxidation sites excluding steroid dienone is 1. The molecule has 0 unspecified atom stereocenters. The monoisotopic (exact) mass is 218 g/mol. The standard InChI is InChI=1S/C14H18O2/c1-2-3-4-12-16-14-9-7-13(8-10-14)6-5-11-15/h5-11H,2-4,12H2,1H3/b6-5+. The summed E-state index contributed by atoms with van der Waals surface area (Å²) in [7, 11) is 0. The summed E-state index contributed by atoms with van der Waals surface area (Å²) in [6.07, 6.45) is 7.54. The summed E-state index contributed by atoms with van der Waals surface area (Å²) in [5, 5.41) is 0. The number of aldehydes is 1. The van der Waals surface area contributed by atoms with Gasteiger partial charge in [0.25, 0.3) is 0 Å². The maximum Gasteiger partial charge on any atom is 0.142 e. The SMILES string of the molecule is CCCCCOc1ccc(/C=C/C=O)cc1. The van der Waals surface area contributed by atoms with Crippen LogP contribution in [0.1, 0.15) is 31.7 Å². The molecule has 0 spiro atoms. The fourth-order valence-electron chi connectivity index (χ4n) is 1.37. The number of unbranched alkanes of at least 4 members (excludes halogenated alkanes) is 2. The highest BCUT2D eigenvalue weighted by Crippen LogP contribution is 2.13. The molecule has 2 heteroatoms. The van der Waals surface area contributed by atoms with Crippen LogP contribution in [0.5, 0.6) is 5.75 Å². The topological polar surface area (TPSA) is 26.3 Å². The Balaban J connectivity index is 2.39. The summed E-state index contributed by atoms with van der Waals surface area (Å²) < 4.78 is 5.57. The predicted molar refractivity (Wildman–Crippen MR) is 66.6 cm³/mol. The molecule has 0 bridgehead atoms. The second kappa shape index (κ2) is 7.69. The Morgan fingerprint density at radius 3 is 2.56 bits per heavy atom. The molecule has 0 aromatic heterocycles. The Morgan fingerprint density at radius 2 is 1.94 bits per heavy atom. The average Bonchev–Trinajstić information content (AvgIpc) is 2.33. The second-order valence-electron chi connectivity index (χ2n) is 3.62. The maximum atomic E-state index is 10.1. The van der Waals surface area contributed by atoms with Gasteiger partial charge in [-0.1, -0.05) is 38.0 Å². The molecular weight excluding hydrogens is 200 g/mol. The molecular formula is C14H18O2. The van der Waals surface area contributed by atoms with Gasteiger partial charge in [-0.2, -0.15) is 0 Å². The Bertz CT molecular complexity index is 325. The van der Waals surface area contributed by atoms with Crippen LogP contribution >= 0.6 is 0 Å². The van der Waals surface area contributed by atoms with Crippen LogP contribution in [0.4, 0.5) is 0 Å². The van der Waals surface area contributed by atoms with Gasteiger partial charge in [-0.15, -0.1) is 0 Å². The minimum Gasteiger partial charge on any atom is -0.494 e. The van der Waals surface area contributed by atoms with Gasteiger partial charge >= 0.3 is 0 Å². The summed E-state index contributed by atoms with van der Waals surface area (Å²) >= 11 is 0. The summed E-state index contributed by atoms with van der Waals surface area (Å²) in [6.45, 7) is 2.95. The van der Waals surface area contributed by atoms with Gasteiger partial charge in [0, 0.05) is 0 Å². The van der Waals surface area contributed by atoms with Crippen LogP contribution in [0.3, 0.4) is 0 Å². The van der Waals surface area contributed by atoms with Crippen LogP contribution < -0.4 is 4.74 Å². The van der Waals surface area contributed by atoms with Gasteiger partial charge in [0.1, 0.15) is 12.0 Å². The van der Waals surface area contributed by atoms with Gasteiger partial charge in [-0.25, -0.2) is 0 Å². The van der Waals surface area contributed by atoms with E-state index in [4.69, 9.17) is 4.74 Å². The molecule has 0 fully saturated rings. The molecule has 0 saturated heterocycles. The summed E-state index contributed by atoms with van der Waals surface area (Å²) in [5.74, 6) is 0.888. The molecule has 1 aromatic rings. The highest BCUT2D eigenvalue weighted by molar-refractivity contribution is 5.73. The zero-order valence-corrected chi connectivity index (χ0v) is 9.69. The summed E-state index contributed by atoms with van der Waals surface area (Å²) in [5.41, 5.74) is 1.01. The van der Waals surface area contributed by atoms with E-state index in [9.17, 15) is 4.79 Å². The third kappa shape index (κ3) is 4.78. The van der Waals surface area contributed by atoms with Crippen molar-refractivity contribution in [2.24, 2.45) is 0 Å². The predicted octanol–water partition coefficient (Wildman–Crippen LogP) is 3.47. The molecule has 1 aromatic carbocycles. The first kappa shape index (κ1) is 12.5. The van der Waals surface area contributed by atoms with E-state index in [0.29, 0.717) is 0 Å². The second-order valence-corrected chi connectivity index (χ2v) is 3.62. The zero-order valence-electron chi connectivity index (χ0n) is 9.69. The number of hydrogen-bond acceptors (Lipinski definition) is 2. The molecule has 0 aliphatic heterocycles. The molecule has 0 atom stereocenters. The highest BCUT2D eigenvalue weighted by atomic mass is 16.5. The van der Waals surface area contributed by atoms with Gasteiger partial charge in [0.2, 0.25) is 0 Å². The third-order valence-corrected chi connectivity index (χ3v) is 2.26. The van der Waals surface area contributed by atoms with Crippen molar-refractivity contribution in [1.82, 2.24) is 0 Å². The van der Waals surface area contributed by atoms with E-state index in [0.717, 1.165) is 30.6 Å². The molecule has 0 aliphatic carbocycles. The lowest BCUT2D eigenvalue weighted by Gasteiger charge is -2.05. The van der Waals surface area contributed by atoms with Crippen LogP contribution in [0.2, 0.25) is 0 Å². The van der Waals surface area contributed by atoms with Gasteiger partial charge < -0.3 is 4.74 Å². The van der Waals surface area contributed by atoms with Crippen LogP contribution in [0, 0.1) is 0 Å². The van der Waals surface area contributed by atoms with Crippen molar-refractivity contribution in [1.29, 1.82) is 0 Å². The smallest absolute Gasteiger partial charge is 0.142 e. The average molecular weight is 218 g/mol. The molecule has 0 saturated carbocycles. The van der Waals surface area contributed by atoms with Crippen molar-refractivity contribution in [3.8, 4) is 5.75 Å². The largest absolute Gasteiger partial charge is 0.494 e. The van der Waals surface area contributed by atoms with Crippen molar-refractivity contribution in [3.05, 3.63) is 35.9 Å². The number of ether oxygens (including phenoxy) is 1. The maximum absolute atomic E-state index is 10.1. The minimum atomic E-state index is 0.773. The van der Waals surface area contributed by atoms with E-state index >= 15 is 0 Å². The summed E-state index contributed by atoms with van der Waals surface area (Å²) in [6, 6.07) is 7.73. The van der Waals surface area contributed by atoms with E-state index in [-0.39, 0.29) is 0 Å². The van der Waals surface area contributed by atoms with Crippen molar-refractivity contribution in [2.45, 2.75) is 26.2 Å². The van der Waals surface area contributed by atoms with Crippen LogP contribution in [0.25, 0.3) is 6.08 Å². The van der Waals surface area contributed by atoms with Gasteiger partial charge in [-0.3, -0.25) is 4.79 Å². The van der Waals surface area contributed by atoms with E-state index in [2.05, 4.69) is 6.92 Å². The van der Waals surface area contributed by atoms with Gasteiger partial charge in [0.05, 0.1) is 6.61 Å². The molecule has 0 aliphatic rings. The summed E-state index contributed by atoms with van der Waals surface area (Å²) in [4.78, 5) is 10.1. The van der Waals surface area contributed by atoms with E-state index in [1.54, 1.807) is 6.08 Å².